The maximum atomic E-state index is 13.6. The standard InChI is InChI=1S/C25H20ClN5O3S/c1-15-3-8-22(23(9-15)35(2,33)34)31(25(32)18-6-7-19(12-27)29-13-18)14-16-4-5-17-11-20(26)24(28)30-21(17)10-16/h3-11,13H,14H2,1-2H3,(H2,28,30). The van der Waals surface area contributed by atoms with Gasteiger partial charge in [-0.3, -0.25) is 4.79 Å². The molecule has 0 aliphatic carbocycles. The summed E-state index contributed by atoms with van der Waals surface area (Å²) in [6.07, 6.45) is 2.40. The summed E-state index contributed by atoms with van der Waals surface area (Å²) in [5, 5.41) is 10.1. The summed E-state index contributed by atoms with van der Waals surface area (Å²) in [5.74, 6) is -0.287. The Labute approximate surface area is 207 Å². The maximum Gasteiger partial charge on any atom is 0.260 e. The summed E-state index contributed by atoms with van der Waals surface area (Å²) in [6, 6.07) is 16.8. The number of halogens is 1. The fourth-order valence-electron chi connectivity index (χ4n) is 3.63. The predicted octanol–water partition coefficient (Wildman–Crippen LogP) is 4.30. The number of carbonyl (C=O) groups excluding carboxylic acids is 1. The van der Waals surface area contributed by atoms with Crippen molar-refractivity contribution in [3.63, 3.8) is 0 Å². The summed E-state index contributed by atoms with van der Waals surface area (Å²) >= 11 is 6.07. The number of aromatic nitrogens is 2. The molecular formula is C25H20ClN5O3S. The fraction of sp³-hybridized carbons (Fsp3) is 0.120. The number of benzene rings is 2. The van der Waals surface area contributed by atoms with E-state index in [2.05, 4.69) is 9.97 Å². The van der Waals surface area contributed by atoms with Crippen LogP contribution in [0.1, 0.15) is 27.2 Å². The van der Waals surface area contributed by atoms with Crippen LogP contribution >= 0.6 is 11.6 Å². The molecule has 4 rings (SSSR count). The van der Waals surface area contributed by atoms with Gasteiger partial charge < -0.3 is 10.6 Å². The van der Waals surface area contributed by atoms with Crippen LogP contribution in [0.2, 0.25) is 5.02 Å². The molecule has 8 nitrogen and oxygen atoms in total. The van der Waals surface area contributed by atoms with E-state index in [-0.39, 0.29) is 34.2 Å². The second-order valence-electron chi connectivity index (χ2n) is 8.06. The van der Waals surface area contributed by atoms with Crippen LogP contribution < -0.4 is 10.6 Å². The number of nitriles is 1. The van der Waals surface area contributed by atoms with Gasteiger partial charge in [0.2, 0.25) is 0 Å². The number of pyridine rings is 2. The molecule has 2 aromatic carbocycles. The minimum atomic E-state index is -3.66. The molecule has 0 bridgehead atoms. The van der Waals surface area contributed by atoms with E-state index in [4.69, 9.17) is 22.6 Å². The van der Waals surface area contributed by atoms with Crippen molar-refractivity contribution in [2.75, 3.05) is 16.9 Å². The average molecular weight is 506 g/mol. The van der Waals surface area contributed by atoms with Crippen LogP contribution in [-0.4, -0.2) is 30.5 Å². The third-order valence-corrected chi connectivity index (χ3v) is 6.81. The molecule has 176 valence electrons. The lowest BCUT2D eigenvalue weighted by Crippen LogP contribution is -2.32. The van der Waals surface area contributed by atoms with E-state index in [0.717, 1.165) is 17.2 Å². The van der Waals surface area contributed by atoms with Gasteiger partial charge in [0.15, 0.2) is 9.84 Å². The van der Waals surface area contributed by atoms with E-state index in [1.165, 1.54) is 29.3 Å². The van der Waals surface area contributed by atoms with E-state index in [1.54, 1.807) is 31.2 Å². The van der Waals surface area contributed by atoms with Crippen LogP contribution in [0.25, 0.3) is 10.9 Å². The number of hydrogen-bond donors (Lipinski definition) is 1. The first-order valence-corrected chi connectivity index (χ1v) is 12.7. The molecule has 2 aromatic heterocycles. The molecule has 10 heteroatoms. The normalized spacial score (nSPS) is 11.3. The molecule has 0 atom stereocenters. The third-order valence-electron chi connectivity index (χ3n) is 5.38. The maximum absolute atomic E-state index is 13.6. The third kappa shape index (κ3) is 5.09. The topological polar surface area (TPSA) is 130 Å². The molecule has 1 amide bonds. The number of hydrogen-bond acceptors (Lipinski definition) is 7. The Morgan fingerprint density at radius 2 is 1.91 bits per heavy atom. The van der Waals surface area contributed by atoms with Crippen molar-refractivity contribution in [3.8, 4) is 6.07 Å². The van der Waals surface area contributed by atoms with Crippen LogP contribution in [0.4, 0.5) is 11.5 Å². The van der Waals surface area contributed by atoms with E-state index in [1.807, 2.05) is 18.2 Å². The highest BCUT2D eigenvalue weighted by Crippen LogP contribution is 2.30. The number of nitrogens with zero attached hydrogens (tertiary/aromatic N) is 4. The quantitative estimate of drug-likeness (QED) is 0.428. The zero-order chi connectivity index (χ0) is 25.3. The number of nitrogens with two attached hydrogens (primary N) is 1. The molecule has 0 spiro atoms. The molecule has 0 aliphatic rings. The molecule has 2 heterocycles. The molecule has 0 fully saturated rings. The van der Waals surface area contributed by atoms with Gasteiger partial charge in [-0.25, -0.2) is 18.4 Å². The van der Waals surface area contributed by atoms with Gasteiger partial charge in [0.1, 0.15) is 17.6 Å². The van der Waals surface area contributed by atoms with Crippen molar-refractivity contribution in [2.24, 2.45) is 0 Å². The number of rotatable bonds is 5. The molecule has 4 aromatic rings. The van der Waals surface area contributed by atoms with Crippen molar-refractivity contribution >= 4 is 49.8 Å². The summed E-state index contributed by atoms with van der Waals surface area (Å²) < 4.78 is 25.3. The first-order chi connectivity index (χ1) is 16.6. The molecule has 0 unspecified atom stereocenters. The smallest absolute Gasteiger partial charge is 0.260 e. The van der Waals surface area contributed by atoms with Gasteiger partial charge in [-0.1, -0.05) is 29.8 Å². The van der Waals surface area contributed by atoms with Crippen molar-refractivity contribution in [3.05, 3.63) is 88.2 Å². The van der Waals surface area contributed by atoms with Gasteiger partial charge in [0.05, 0.1) is 33.2 Å². The summed E-state index contributed by atoms with van der Waals surface area (Å²) in [7, 11) is -3.66. The Hall–Kier alpha value is -4.00. The molecule has 0 saturated heterocycles. The van der Waals surface area contributed by atoms with Crippen LogP contribution in [0.5, 0.6) is 0 Å². The Bertz CT molecular complexity index is 1610. The van der Waals surface area contributed by atoms with Gasteiger partial charge in [-0.2, -0.15) is 5.26 Å². The molecule has 0 saturated carbocycles. The minimum Gasteiger partial charge on any atom is -0.382 e. The average Bonchev–Trinajstić information content (AvgIpc) is 2.82. The molecule has 35 heavy (non-hydrogen) atoms. The van der Waals surface area contributed by atoms with Crippen LogP contribution in [0, 0.1) is 18.3 Å². The Morgan fingerprint density at radius 3 is 2.57 bits per heavy atom. The van der Waals surface area contributed by atoms with Crippen molar-refractivity contribution < 1.29 is 13.2 Å². The van der Waals surface area contributed by atoms with E-state index in [0.29, 0.717) is 16.1 Å². The molecule has 0 aliphatic heterocycles. The lowest BCUT2D eigenvalue weighted by atomic mass is 10.1. The van der Waals surface area contributed by atoms with Gasteiger partial charge >= 0.3 is 0 Å². The summed E-state index contributed by atoms with van der Waals surface area (Å²) in [6.45, 7) is 1.82. The number of carbonyl (C=O) groups is 1. The first kappa shape index (κ1) is 24.1. The first-order valence-electron chi connectivity index (χ1n) is 10.4. The highest BCUT2D eigenvalue weighted by atomic mass is 35.5. The number of fused-ring (bicyclic) bond motifs is 1. The van der Waals surface area contributed by atoms with Crippen LogP contribution in [-0.2, 0) is 16.4 Å². The lowest BCUT2D eigenvalue weighted by molar-refractivity contribution is 0.0984. The molecule has 0 radical (unpaired) electrons. The number of nitrogen functional groups attached to an aromatic ring is 1. The second kappa shape index (κ2) is 9.33. The van der Waals surface area contributed by atoms with E-state index in [9.17, 15) is 13.2 Å². The fourth-order valence-corrected chi connectivity index (χ4v) is 4.75. The SMILES string of the molecule is Cc1ccc(N(Cc2ccc3cc(Cl)c(N)nc3c2)C(=O)c2ccc(C#N)nc2)c(S(C)(=O)=O)c1. The predicted molar refractivity (Wildman–Crippen MR) is 135 cm³/mol. The summed E-state index contributed by atoms with van der Waals surface area (Å²) in [4.78, 5) is 23.3. The lowest BCUT2D eigenvalue weighted by Gasteiger charge is -2.25. The Morgan fingerprint density at radius 1 is 1.14 bits per heavy atom. The second-order valence-corrected chi connectivity index (χ2v) is 10.5. The monoisotopic (exact) mass is 505 g/mol. The highest BCUT2D eigenvalue weighted by molar-refractivity contribution is 7.90. The van der Waals surface area contributed by atoms with Crippen LogP contribution in [0.3, 0.4) is 0 Å². The number of aryl methyl sites for hydroxylation is 1. The van der Waals surface area contributed by atoms with Gasteiger partial charge in [-0.05, 0) is 54.4 Å². The zero-order valence-electron chi connectivity index (χ0n) is 18.9. The molecule has 2 N–H and O–H groups in total. The number of anilines is 2. The minimum absolute atomic E-state index is 0.0300. The largest absolute Gasteiger partial charge is 0.382 e. The number of sulfone groups is 1. The highest BCUT2D eigenvalue weighted by Gasteiger charge is 2.25. The number of amides is 1. The van der Waals surface area contributed by atoms with E-state index >= 15 is 0 Å². The van der Waals surface area contributed by atoms with Crippen LogP contribution in [0.15, 0.2) is 65.7 Å². The van der Waals surface area contributed by atoms with Gasteiger partial charge in [0.25, 0.3) is 5.91 Å². The van der Waals surface area contributed by atoms with Crippen molar-refractivity contribution in [1.82, 2.24) is 9.97 Å². The van der Waals surface area contributed by atoms with Gasteiger partial charge in [-0.15, -0.1) is 0 Å². The van der Waals surface area contributed by atoms with Crippen molar-refractivity contribution in [2.45, 2.75) is 18.4 Å². The summed E-state index contributed by atoms with van der Waals surface area (Å²) in [5.41, 5.74) is 8.48. The Balaban J connectivity index is 1.85. The van der Waals surface area contributed by atoms with Gasteiger partial charge in [0, 0.05) is 17.8 Å². The Kier molecular flexibility index (Phi) is 6.43. The molecular weight excluding hydrogens is 486 g/mol. The zero-order valence-corrected chi connectivity index (χ0v) is 20.4. The van der Waals surface area contributed by atoms with Crippen molar-refractivity contribution in [1.29, 1.82) is 5.26 Å². The van der Waals surface area contributed by atoms with E-state index < -0.39 is 15.7 Å².